The zero-order chi connectivity index (χ0) is 18.4. The summed E-state index contributed by atoms with van der Waals surface area (Å²) in [7, 11) is 0. The van der Waals surface area contributed by atoms with E-state index in [1.54, 1.807) is 11.3 Å². The summed E-state index contributed by atoms with van der Waals surface area (Å²) >= 11 is 2.88. The molecule has 0 spiro atoms. The Labute approximate surface area is 155 Å². The fraction of sp³-hybridized carbons (Fsp3) is 0.500. The van der Waals surface area contributed by atoms with Gasteiger partial charge in [0, 0.05) is 19.5 Å². The van der Waals surface area contributed by atoms with Gasteiger partial charge in [-0.25, -0.2) is 0 Å². The van der Waals surface area contributed by atoms with Crippen LogP contribution in [0.15, 0.2) is 22.7 Å². The second kappa shape index (κ2) is 9.00. The van der Waals surface area contributed by atoms with Crippen molar-refractivity contribution in [2.24, 2.45) is 11.7 Å². The van der Waals surface area contributed by atoms with Gasteiger partial charge in [-0.15, -0.1) is 21.5 Å². The van der Waals surface area contributed by atoms with Crippen molar-refractivity contribution in [3.63, 3.8) is 0 Å². The normalized spacial score (nSPS) is 12.3. The van der Waals surface area contributed by atoms with Crippen molar-refractivity contribution < 1.29 is 9.59 Å². The number of rotatable bonds is 9. The van der Waals surface area contributed by atoms with Crippen LogP contribution in [0.2, 0.25) is 0 Å². The topological polar surface area (TPSA) is 103 Å². The number of primary amides is 1. The summed E-state index contributed by atoms with van der Waals surface area (Å²) in [6.45, 7) is 6.95. The van der Waals surface area contributed by atoms with E-state index in [0.29, 0.717) is 30.0 Å². The van der Waals surface area contributed by atoms with Gasteiger partial charge in [0.15, 0.2) is 11.0 Å². The van der Waals surface area contributed by atoms with Gasteiger partial charge in [0.25, 0.3) is 0 Å². The number of nitrogens with one attached hydrogen (secondary N) is 1. The fourth-order valence-electron chi connectivity index (χ4n) is 2.05. The zero-order valence-corrected chi connectivity index (χ0v) is 16.2. The largest absolute Gasteiger partial charge is 0.370 e. The molecule has 2 heterocycles. The molecule has 0 saturated carbocycles. The fourth-order valence-corrected chi connectivity index (χ4v) is 3.66. The van der Waals surface area contributed by atoms with Crippen LogP contribution in [0, 0.1) is 5.92 Å². The Morgan fingerprint density at radius 1 is 1.36 bits per heavy atom. The third-order valence-electron chi connectivity index (χ3n) is 3.38. The molecular formula is C16H23N5O2S2. The molecule has 1 unspecified atom stereocenters. The third-order valence-corrected chi connectivity index (χ3v) is 5.32. The molecule has 0 aliphatic heterocycles. The van der Waals surface area contributed by atoms with Crippen LogP contribution in [0.3, 0.4) is 0 Å². The summed E-state index contributed by atoms with van der Waals surface area (Å²) in [6, 6.07) is 3.88. The highest BCUT2D eigenvalue weighted by molar-refractivity contribution is 8.00. The van der Waals surface area contributed by atoms with Crippen LogP contribution < -0.4 is 11.1 Å². The molecule has 2 aromatic rings. The molecule has 2 amide bonds. The van der Waals surface area contributed by atoms with Crippen molar-refractivity contribution in [3.05, 3.63) is 17.5 Å². The van der Waals surface area contributed by atoms with Crippen molar-refractivity contribution in [2.45, 2.75) is 44.1 Å². The molecule has 2 rings (SSSR count). The molecule has 0 aromatic carbocycles. The number of carbonyl (C=O) groups excluding carboxylic acids is 2. The smallest absolute Gasteiger partial charge is 0.233 e. The lowest BCUT2D eigenvalue weighted by Crippen LogP contribution is -2.33. The first-order valence-electron chi connectivity index (χ1n) is 8.08. The van der Waals surface area contributed by atoms with Crippen LogP contribution in [-0.4, -0.2) is 38.4 Å². The highest BCUT2D eigenvalue weighted by atomic mass is 32.2. The average Bonchev–Trinajstić information content (AvgIpc) is 3.19. The average molecular weight is 382 g/mol. The van der Waals surface area contributed by atoms with E-state index in [2.05, 4.69) is 15.5 Å². The Hall–Kier alpha value is -1.87. The Balaban J connectivity index is 2.16. The first-order valence-corrected chi connectivity index (χ1v) is 9.84. The maximum Gasteiger partial charge on any atom is 0.233 e. The van der Waals surface area contributed by atoms with Gasteiger partial charge in [0.05, 0.1) is 10.1 Å². The van der Waals surface area contributed by atoms with E-state index in [4.69, 9.17) is 5.73 Å². The lowest BCUT2D eigenvalue weighted by Gasteiger charge is -2.14. The van der Waals surface area contributed by atoms with Gasteiger partial charge in [0.2, 0.25) is 11.8 Å². The highest BCUT2D eigenvalue weighted by Crippen LogP contribution is 2.29. The molecule has 7 nitrogen and oxygen atoms in total. The van der Waals surface area contributed by atoms with Gasteiger partial charge < -0.3 is 15.6 Å². The van der Waals surface area contributed by atoms with Gasteiger partial charge in [0.1, 0.15) is 0 Å². The Morgan fingerprint density at radius 3 is 2.72 bits per heavy atom. The van der Waals surface area contributed by atoms with E-state index in [-0.39, 0.29) is 23.5 Å². The van der Waals surface area contributed by atoms with Crippen molar-refractivity contribution in [1.82, 2.24) is 20.1 Å². The molecule has 2 aromatic heterocycles. The van der Waals surface area contributed by atoms with E-state index >= 15 is 0 Å². The van der Waals surface area contributed by atoms with Crippen LogP contribution in [0.5, 0.6) is 0 Å². The number of nitrogens with zero attached hydrogens (tertiary/aromatic N) is 3. The highest BCUT2D eigenvalue weighted by Gasteiger charge is 2.21. The van der Waals surface area contributed by atoms with Gasteiger partial charge in [-0.2, -0.15) is 0 Å². The SMILES string of the molecule is CC(C)CNC(=O)C(C)Sc1nnc(-c2cccs2)n1CCC(N)=O. The maximum atomic E-state index is 12.2. The van der Waals surface area contributed by atoms with E-state index in [1.165, 1.54) is 11.8 Å². The predicted octanol–water partition coefficient (Wildman–Crippen LogP) is 2.13. The predicted molar refractivity (Wildman–Crippen MR) is 100 cm³/mol. The molecule has 0 aliphatic carbocycles. The Bertz CT molecular complexity index is 712. The Kier molecular flexibility index (Phi) is 7.01. The number of thioether (sulfide) groups is 1. The number of amides is 2. The van der Waals surface area contributed by atoms with E-state index in [0.717, 1.165) is 4.88 Å². The number of thiophene rings is 1. The molecule has 25 heavy (non-hydrogen) atoms. The Morgan fingerprint density at radius 2 is 2.12 bits per heavy atom. The first-order chi connectivity index (χ1) is 11.9. The minimum Gasteiger partial charge on any atom is -0.370 e. The molecule has 0 radical (unpaired) electrons. The van der Waals surface area contributed by atoms with E-state index in [1.807, 2.05) is 42.9 Å². The van der Waals surface area contributed by atoms with E-state index in [9.17, 15) is 9.59 Å². The molecule has 136 valence electrons. The standard InChI is InChI=1S/C16H23N5O2S2/c1-10(2)9-18-15(23)11(3)25-16-20-19-14(12-5-4-8-24-12)21(16)7-6-13(17)22/h4-5,8,10-11H,6-7,9H2,1-3H3,(H2,17,22)(H,18,23). The molecule has 0 bridgehead atoms. The first kappa shape index (κ1) is 19.5. The van der Waals surface area contributed by atoms with Gasteiger partial charge >= 0.3 is 0 Å². The van der Waals surface area contributed by atoms with Crippen LogP contribution in [0.1, 0.15) is 27.2 Å². The molecular weight excluding hydrogens is 358 g/mol. The van der Waals surface area contributed by atoms with Crippen molar-refractivity contribution >= 4 is 34.9 Å². The minimum absolute atomic E-state index is 0.0409. The van der Waals surface area contributed by atoms with Crippen LogP contribution in [0.4, 0.5) is 0 Å². The minimum atomic E-state index is -0.385. The van der Waals surface area contributed by atoms with E-state index < -0.39 is 0 Å². The molecule has 9 heteroatoms. The molecule has 0 fully saturated rings. The van der Waals surface area contributed by atoms with Crippen LogP contribution in [-0.2, 0) is 16.1 Å². The summed E-state index contributed by atoms with van der Waals surface area (Å²) in [5.41, 5.74) is 5.28. The lowest BCUT2D eigenvalue weighted by atomic mass is 10.2. The molecule has 1 atom stereocenters. The summed E-state index contributed by atoms with van der Waals surface area (Å²) in [5.74, 6) is 0.657. The third kappa shape index (κ3) is 5.57. The molecule has 3 N–H and O–H groups in total. The van der Waals surface area contributed by atoms with Crippen molar-refractivity contribution in [2.75, 3.05) is 6.54 Å². The monoisotopic (exact) mass is 381 g/mol. The second-order valence-electron chi connectivity index (χ2n) is 6.05. The summed E-state index contributed by atoms with van der Waals surface area (Å²) in [6.07, 6.45) is 0.192. The van der Waals surface area contributed by atoms with Crippen molar-refractivity contribution in [3.8, 4) is 10.7 Å². The second-order valence-corrected chi connectivity index (χ2v) is 8.31. The summed E-state index contributed by atoms with van der Waals surface area (Å²) < 4.78 is 1.85. The van der Waals surface area contributed by atoms with Gasteiger partial charge in [-0.1, -0.05) is 31.7 Å². The van der Waals surface area contributed by atoms with Crippen LogP contribution >= 0.6 is 23.1 Å². The quantitative estimate of drug-likeness (QED) is 0.648. The molecule has 0 aliphatic rings. The van der Waals surface area contributed by atoms with Crippen molar-refractivity contribution in [1.29, 1.82) is 0 Å². The summed E-state index contributed by atoms with van der Waals surface area (Å²) in [5, 5.41) is 13.6. The lowest BCUT2D eigenvalue weighted by molar-refractivity contribution is -0.120. The maximum absolute atomic E-state index is 12.2. The number of hydrogen-bond donors (Lipinski definition) is 2. The molecule has 0 saturated heterocycles. The number of aromatic nitrogens is 3. The van der Waals surface area contributed by atoms with Gasteiger partial charge in [-0.05, 0) is 24.3 Å². The number of hydrogen-bond acceptors (Lipinski definition) is 6. The summed E-state index contributed by atoms with van der Waals surface area (Å²) in [4.78, 5) is 24.3. The number of carbonyl (C=O) groups is 2. The zero-order valence-electron chi connectivity index (χ0n) is 14.6. The van der Waals surface area contributed by atoms with Gasteiger partial charge in [-0.3, -0.25) is 9.59 Å². The number of nitrogens with two attached hydrogens (primary N) is 1. The van der Waals surface area contributed by atoms with Crippen LogP contribution in [0.25, 0.3) is 10.7 Å².